The molecule has 0 saturated carbocycles. The molecule has 0 aliphatic heterocycles. The van der Waals surface area contributed by atoms with E-state index in [9.17, 15) is 13.2 Å². The molecule has 1 unspecified atom stereocenters. The standard InChI is InChI=1S/C18H20Cl2N2O3S/c1-3-13(2)21-17(23)12-22(16-11-7-10-15(19)18(16)20)26(24,25)14-8-5-4-6-9-14/h4-11,13H,3,12H2,1-2H3,(H,21,23). The molecule has 5 nitrogen and oxygen atoms in total. The molecule has 140 valence electrons. The van der Waals surface area contributed by atoms with E-state index < -0.39 is 22.5 Å². The summed E-state index contributed by atoms with van der Waals surface area (Å²) in [6.07, 6.45) is 0.731. The molecule has 0 aromatic heterocycles. The third-order valence-corrected chi connectivity index (χ3v) is 6.42. The van der Waals surface area contributed by atoms with Gasteiger partial charge in [0.15, 0.2) is 0 Å². The van der Waals surface area contributed by atoms with E-state index in [0.717, 1.165) is 10.7 Å². The normalized spacial score (nSPS) is 12.5. The summed E-state index contributed by atoms with van der Waals surface area (Å²) in [6.45, 7) is 3.37. The van der Waals surface area contributed by atoms with Gasteiger partial charge < -0.3 is 5.32 Å². The van der Waals surface area contributed by atoms with Gasteiger partial charge in [0, 0.05) is 6.04 Å². The fraction of sp³-hybridized carbons (Fsp3) is 0.278. The molecule has 0 spiro atoms. The van der Waals surface area contributed by atoms with Crippen LogP contribution in [0.4, 0.5) is 5.69 Å². The number of benzene rings is 2. The predicted molar refractivity (Wildman–Crippen MR) is 105 cm³/mol. The number of hydrogen-bond acceptors (Lipinski definition) is 3. The molecule has 0 aliphatic rings. The van der Waals surface area contributed by atoms with Crippen molar-refractivity contribution in [2.24, 2.45) is 0 Å². The van der Waals surface area contributed by atoms with Gasteiger partial charge in [0.25, 0.3) is 10.0 Å². The molecule has 0 aliphatic carbocycles. The lowest BCUT2D eigenvalue weighted by molar-refractivity contribution is -0.120. The minimum Gasteiger partial charge on any atom is -0.352 e. The number of anilines is 1. The maximum atomic E-state index is 13.1. The molecule has 1 N–H and O–H groups in total. The summed E-state index contributed by atoms with van der Waals surface area (Å²) in [5.74, 6) is -0.421. The summed E-state index contributed by atoms with van der Waals surface area (Å²) in [5.41, 5.74) is 0.155. The maximum absolute atomic E-state index is 13.1. The van der Waals surface area contributed by atoms with Crippen molar-refractivity contribution in [2.45, 2.75) is 31.2 Å². The fourth-order valence-electron chi connectivity index (χ4n) is 2.26. The van der Waals surface area contributed by atoms with Gasteiger partial charge in [0.05, 0.1) is 20.6 Å². The number of nitrogens with zero attached hydrogens (tertiary/aromatic N) is 1. The lowest BCUT2D eigenvalue weighted by Gasteiger charge is -2.26. The van der Waals surface area contributed by atoms with E-state index in [-0.39, 0.29) is 26.7 Å². The number of carbonyl (C=O) groups is 1. The van der Waals surface area contributed by atoms with Gasteiger partial charge >= 0.3 is 0 Å². The van der Waals surface area contributed by atoms with Crippen LogP contribution in [0, 0.1) is 0 Å². The second kappa shape index (κ2) is 8.75. The van der Waals surface area contributed by atoms with Crippen LogP contribution >= 0.6 is 23.2 Å². The quantitative estimate of drug-likeness (QED) is 0.741. The van der Waals surface area contributed by atoms with Gasteiger partial charge in [-0.15, -0.1) is 0 Å². The largest absolute Gasteiger partial charge is 0.352 e. The highest BCUT2D eigenvalue weighted by Crippen LogP contribution is 2.35. The van der Waals surface area contributed by atoms with E-state index in [1.165, 1.54) is 18.2 Å². The van der Waals surface area contributed by atoms with Gasteiger partial charge in [-0.1, -0.05) is 54.4 Å². The Morgan fingerprint density at radius 2 is 1.77 bits per heavy atom. The zero-order valence-electron chi connectivity index (χ0n) is 14.4. The first kappa shape index (κ1) is 20.6. The van der Waals surface area contributed by atoms with Gasteiger partial charge in [-0.05, 0) is 37.6 Å². The number of halogens is 2. The molecular formula is C18H20Cl2N2O3S. The van der Waals surface area contributed by atoms with Gasteiger partial charge in [-0.25, -0.2) is 8.42 Å². The van der Waals surface area contributed by atoms with Crippen molar-refractivity contribution in [1.82, 2.24) is 5.32 Å². The van der Waals surface area contributed by atoms with Gasteiger partial charge in [-0.3, -0.25) is 9.10 Å². The Morgan fingerprint density at radius 1 is 1.12 bits per heavy atom. The number of amides is 1. The van der Waals surface area contributed by atoms with E-state index >= 15 is 0 Å². The van der Waals surface area contributed by atoms with Crippen molar-refractivity contribution in [1.29, 1.82) is 0 Å². The van der Waals surface area contributed by atoms with Gasteiger partial charge in [0.2, 0.25) is 5.91 Å². The second-order valence-electron chi connectivity index (χ2n) is 5.77. The Labute approximate surface area is 164 Å². The van der Waals surface area contributed by atoms with E-state index in [0.29, 0.717) is 0 Å². The lowest BCUT2D eigenvalue weighted by atomic mass is 10.2. The first-order valence-corrected chi connectivity index (χ1v) is 10.3. The topological polar surface area (TPSA) is 66.5 Å². The Hall–Kier alpha value is -1.76. The van der Waals surface area contributed by atoms with Crippen molar-refractivity contribution in [3.63, 3.8) is 0 Å². The minimum atomic E-state index is -4.00. The van der Waals surface area contributed by atoms with Gasteiger partial charge in [-0.2, -0.15) is 0 Å². The third kappa shape index (κ3) is 4.69. The predicted octanol–water partition coefficient (Wildman–Crippen LogP) is 4.10. The highest BCUT2D eigenvalue weighted by molar-refractivity contribution is 7.92. The summed E-state index contributed by atoms with van der Waals surface area (Å²) in [5, 5.41) is 3.05. The molecule has 0 saturated heterocycles. The molecule has 8 heteroatoms. The SMILES string of the molecule is CCC(C)NC(=O)CN(c1cccc(Cl)c1Cl)S(=O)(=O)c1ccccc1. The van der Waals surface area contributed by atoms with Crippen LogP contribution in [0.15, 0.2) is 53.4 Å². The molecule has 2 rings (SSSR count). The molecule has 2 aromatic carbocycles. The maximum Gasteiger partial charge on any atom is 0.264 e. The Balaban J connectivity index is 2.49. The zero-order valence-corrected chi connectivity index (χ0v) is 16.8. The van der Waals surface area contributed by atoms with Crippen LogP contribution in [0.5, 0.6) is 0 Å². The number of sulfonamides is 1. The number of nitrogens with one attached hydrogen (secondary N) is 1. The molecule has 0 heterocycles. The van der Waals surface area contributed by atoms with Crippen LogP contribution in [0.2, 0.25) is 10.0 Å². The van der Waals surface area contributed by atoms with Crippen LogP contribution in [0.3, 0.4) is 0 Å². The Bertz CT molecular complexity index is 873. The first-order valence-electron chi connectivity index (χ1n) is 8.08. The third-order valence-electron chi connectivity index (χ3n) is 3.84. The van der Waals surface area contributed by atoms with Gasteiger partial charge in [0.1, 0.15) is 6.54 Å². The monoisotopic (exact) mass is 414 g/mol. The molecule has 0 radical (unpaired) electrons. The summed E-state index contributed by atoms with van der Waals surface area (Å²) in [7, 11) is -4.00. The molecule has 1 amide bonds. The van der Waals surface area contributed by atoms with Crippen LogP contribution in [-0.4, -0.2) is 26.9 Å². The average Bonchev–Trinajstić information content (AvgIpc) is 2.63. The first-order chi connectivity index (χ1) is 12.3. The van der Waals surface area contributed by atoms with E-state index in [1.54, 1.807) is 30.3 Å². The van der Waals surface area contributed by atoms with Crippen LogP contribution in [-0.2, 0) is 14.8 Å². The summed E-state index contributed by atoms with van der Waals surface area (Å²) in [6, 6.07) is 12.5. The van der Waals surface area contributed by atoms with E-state index in [4.69, 9.17) is 23.2 Å². The average molecular weight is 415 g/mol. The van der Waals surface area contributed by atoms with Crippen molar-refractivity contribution >= 4 is 44.8 Å². The fourth-order valence-corrected chi connectivity index (χ4v) is 4.16. The van der Waals surface area contributed by atoms with Crippen molar-refractivity contribution in [3.8, 4) is 0 Å². The smallest absolute Gasteiger partial charge is 0.264 e. The number of carbonyl (C=O) groups excluding carboxylic acids is 1. The molecule has 2 aromatic rings. The summed E-state index contributed by atoms with van der Waals surface area (Å²) in [4.78, 5) is 12.4. The van der Waals surface area contributed by atoms with E-state index in [1.807, 2.05) is 13.8 Å². The number of rotatable bonds is 7. The lowest BCUT2D eigenvalue weighted by Crippen LogP contribution is -2.43. The Kier molecular flexibility index (Phi) is 6.92. The minimum absolute atomic E-state index is 0.0624. The molecule has 26 heavy (non-hydrogen) atoms. The molecular weight excluding hydrogens is 395 g/mol. The van der Waals surface area contributed by atoms with Crippen LogP contribution < -0.4 is 9.62 Å². The van der Waals surface area contributed by atoms with Crippen molar-refractivity contribution < 1.29 is 13.2 Å². The Morgan fingerprint density at radius 3 is 2.38 bits per heavy atom. The summed E-state index contributed by atoms with van der Waals surface area (Å²) < 4.78 is 27.2. The molecule has 1 atom stereocenters. The number of hydrogen-bond donors (Lipinski definition) is 1. The second-order valence-corrected chi connectivity index (χ2v) is 8.42. The molecule has 0 fully saturated rings. The highest BCUT2D eigenvalue weighted by atomic mass is 35.5. The van der Waals surface area contributed by atoms with Crippen LogP contribution in [0.25, 0.3) is 0 Å². The van der Waals surface area contributed by atoms with Crippen molar-refractivity contribution in [3.05, 3.63) is 58.6 Å². The van der Waals surface area contributed by atoms with Crippen LogP contribution in [0.1, 0.15) is 20.3 Å². The summed E-state index contributed by atoms with van der Waals surface area (Å²) >= 11 is 12.3. The van der Waals surface area contributed by atoms with E-state index in [2.05, 4.69) is 5.32 Å². The van der Waals surface area contributed by atoms with Crippen molar-refractivity contribution in [2.75, 3.05) is 10.8 Å². The zero-order chi connectivity index (χ0) is 19.3. The highest BCUT2D eigenvalue weighted by Gasteiger charge is 2.29. The molecule has 0 bridgehead atoms.